The van der Waals surface area contributed by atoms with Crippen molar-refractivity contribution in [1.82, 2.24) is 15.5 Å². The van der Waals surface area contributed by atoms with Gasteiger partial charge in [-0.05, 0) is 54.7 Å². The van der Waals surface area contributed by atoms with E-state index in [1.807, 2.05) is 50.2 Å². The van der Waals surface area contributed by atoms with E-state index in [2.05, 4.69) is 22.5 Å². The highest BCUT2D eigenvalue weighted by Gasteiger charge is 2.32. The van der Waals surface area contributed by atoms with E-state index >= 15 is 0 Å². The molecule has 0 saturated carbocycles. The molecule has 2 aromatic rings. The topological polar surface area (TPSA) is 70.7 Å². The lowest BCUT2D eigenvalue weighted by Gasteiger charge is -2.35. The number of ether oxygens (including phenoxy) is 1. The fraction of sp³-hybridized carbons (Fsp3) is 0.417. The lowest BCUT2D eigenvalue weighted by atomic mass is 10.00. The molecule has 1 aliphatic rings. The second-order valence-electron chi connectivity index (χ2n) is 7.86. The first-order chi connectivity index (χ1) is 14.4. The van der Waals surface area contributed by atoms with Gasteiger partial charge in [0, 0.05) is 26.2 Å². The van der Waals surface area contributed by atoms with Gasteiger partial charge in [-0.15, -0.1) is 0 Å². The molecule has 6 nitrogen and oxygen atoms in total. The van der Waals surface area contributed by atoms with E-state index in [-0.39, 0.29) is 18.2 Å². The minimum Gasteiger partial charge on any atom is -0.496 e. The molecule has 160 valence electrons. The highest BCUT2D eigenvalue weighted by atomic mass is 16.5. The van der Waals surface area contributed by atoms with Crippen LogP contribution in [-0.4, -0.2) is 43.0 Å². The van der Waals surface area contributed by atoms with Crippen LogP contribution in [0.4, 0.5) is 0 Å². The summed E-state index contributed by atoms with van der Waals surface area (Å²) in [7, 11) is 1.67. The first-order valence-electron chi connectivity index (χ1n) is 10.4. The van der Waals surface area contributed by atoms with Crippen molar-refractivity contribution in [2.45, 2.75) is 46.3 Å². The van der Waals surface area contributed by atoms with Crippen LogP contribution in [0, 0.1) is 20.8 Å². The first-order valence-corrected chi connectivity index (χ1v) is 10.4. The monoisotopic (exact) mass is 409 g/mol. The number of rotatable bonds is 7. The number of hydrogen-bond acceptors (Lipinski definition) is 4. The number of nitrogens with one attached hydrogen (secondary N) is 2. The number of methoxy groups -OCH3 is 1. The molecule has 1 atom stereocenters. The molecule has 1 fully saturated rings. The van der Waals surface area contributed by atoms with Crippen LogP contribution in [0.1, 0.15) is 34.2 Å². The van der Waals surface area contributed by atoms with Crippen molar-refractivity contribution in [2.24, 2.45) is 0 Å². The summed E-state index contributed by atoms with van der Waals surface area (Å²) in [5.41, 5.74) is 5.63. The molecule has 2 amide bonds. The zero-order valence-electron chi connectivity index (χ0n) is 18.2. The number of benzene rings is 2. The van der Waals surface area contributed by atoms with E-state index < -0.39 is 6.04 Å². The highest BCUT2D eigenvalue weighted by molar-refractivity contribution is 5.88. The molecule has 1 saturated heterocycles. The maximum Gasteiger partial charge on any atom is 0.237 e. The smallest absolute Gasteiger partial charge is 0.237 e. The van der Waals surface area contributed by atoms with E-state index in [0.717, 1.165) is 33.6 Å². The van der Waals surface area contributed by atoms with E-state index in [4.69, 9.17) is 4.74 Å². The molecule has 1 heterocycles. The van der Waals surface area contributed by atoms with Gasteiger partial charge in [-0.25, -0.2) is 0 Å². The van der Waals surface area contributed by atoms with Crippen LogP contribution < -0.4 is 15.4 Å². The molecular formula is C24H31N3O3. The molecule has 1 aliphatic heterocycles. The Hall–Kier alpha value is -2.86. The molecule has 30 heavy (non-hydrogen) atoms. The van der Waals surface area contributed by atoms with E-state index in [1.54, 1.807) is 7.11 Å². The number of piperazine rings is 1. The van der Waals surface area contributed by atoms with Crippen molar-refractivity contribution >= 4 is 11.8 Å². The normalized spacial score (nSPS) is 16.8. The van der Waals surface area contributed by atoms with Crippen LogP contribution in [0.5, 0.6) is 5.75 Å². The summed E-state index contributed by atoms with van der Waals surface area (Å²) in [4.78, 5) is 27.3. The molecule has 0 bridgehead atoms. The van der Waals surface area contributed by atoms with Crippen LogP contribution in [0.2, 0.25) is 0 Å². The summed E-state index contributed by atoms with van der Waals surface area (Å²) >= 11 is 0. The van der Waals surface area contributed by atoms with Gasteiger partial charge in [-0.3, -0.25) is 14.5 Å². The van der Waals surface area contributed by atoms with E-state index in [9.17, 15) is 9.59 Å². The van der Waals surface area contributed by atoms with Gasteiger partial charge in [0.1, 0.15) is 5.75 Å². The largest absolute Gasteiger partial charge is 0.496 e. The third kappa shape index (κ3) is 5.00. The minimum absolute atomic E-state index is 0.0878. The Morgan fingerprint density at radius 2 is 1.90 bits per heavy atom. The van der Waals surface area contributed by atoms with Crippen LogP contribution in [0.25, 0.3) is 0 Å². The average molecular weight is 410 g/mol. The van der Waals surface area contributed by atoms with Gasteiger partial charge in [0.05, 0.1) is 19.6 Å². The summed E-state index contributed by atoms with van der Waals surface area (Å²) in [6, 6.07) is 11.5. The van der Waals surface area contributed by atoms with Crippen LogP contribution in [0.15, 0.2) is 36.4 Å². The Balaban J connectivity index is 1.67. The number of carbonyl (C=O) groups is 2. The third-order valence-corrected chi connectivity index (χ3v) is 6.00. The highest BCUT2D eigenvalue weighted by Crippen LogP contribution is 2.26. The molecule has 2 aromatic carbocycles. The maximum absolute atomic E-state index is 12.6. The van der Waals surface area contributed by atoms with Gasteiger partial charge in [0.25, 0.3) is 0 Å². The van der Waals surface area contributed by atoms with E-state index in [0.29, 0.717) is 26.2 Å². The number of amides is 2. The maximum atomic E-state index is 12.6. The Morgan fingerprint density at radius 1 is 1.13 bits per heavy atom. The lowest BCUT2D eigenvalue weighted by Crippen LogP contribution is -2.56. The SMILES string of the molecule is COc1ccc(CN2CCNC(=O)C2CC(=O)NCc2ccccc2C)c(C)c1C. The summed E-state index contributed by atoms with van der Waals surface area (Å²) in [6.07, 6.45) is 0.145. The molecule has 3 rings (SSSR count). The second-order valence-corrected chi connectivity index (χ2v) is 7.86. The summed E-state index contributed by atoms with van der Waals surface area (Å²) in [6.45, 7) is 8.53. The number of nitrogens with zero attached hydrogens (tertiary/aromatic N) is 1. The standard InChI is InChI=1S/C24H31N3O3/c1-16-7-5-6-8-19(16)14-26-23(28)13-21-24(29)25-11-12-27(21)15-20-9-10-22(30-4)18(3)17(20)2/h5-10,21H,11-15H2,1-4H3,(H,25,29)(H,26,28). The summed E-state index contributed by atoms with van der Waals surface area (Å²) in [5, 5.41) is 5.87. The van der Waals surface area contributed by atoms with Gasteiger partial charge >= 0.3 is 0 Å². The summed E-state index contributed by atoms with van der Waals surface area (Å²) in [5.74, 6) is 0.655. The van der Waals surface area contributed by atoms with Crippen LogP contribution in [-0.2, 0) is 22.7 Å². The summed E-state index contributed by atoms with van der Waals surface area (Å²) < 4.78 is 5.40. The first kappa shape index (κ1) is 21.8. The predicted octanol–water partition coefficient (Wildman–Crippen LogP) is 2.63. The predicted molar refractivity (Wildman–Crippen MR) is 117 cm³/mol. The van der Waals surface area contributed by atoms with E-state index in [1.165, 1.54) is 0 Å². The zero-order valence-corrected chi connectivity index (χ0v) is 18.2. The third-order valence-electron chi connectivity index (χ3n) is 6.00. The van der Waals surface area contributed by atoms with Crippen LogP contribution >= 0.6 is 0 Å². The van der Waals surface area contributed by atoms with Crippen molar-refractivity contribution < 1.29 is 14.3 Å². The number of hydrogen-bond donors (Lipinski definition) is 2. The average Bonchev–Trinajstić information content (AvgIpc) is 2.73. The molecule has 0 spiro atoms. The molecule has 6 heteroatoms. The molecule has 1 unspecified atom stereocenters. The van der Waals surface area contributed by atoms with Gasteiger partial charge < -0.3 is 15.4 Å². The Bertz CT molecular complexity index is 926. The molecule has 0 aliphatic carbocycles. The van der Waals surface area contributed by atoms with Crippen molar-refractivity contribution in [3.63, 3.8) is 0 Å². The van der Waals surface area contributed by atoms with Crippen LogP contribution in [0.3, 0.4) is 0 Å². The number of carbonyl (C=O) groups excluding carboxylic acids is 2. The van der Waals surface area contributed by atoms with Gasteiger partial charge in [0.15, 0.2) is 0 Å². The van der Waals surface area contributed by atoms with Gasteiger partial charge in [-0.2, -0.15) is 0 Å². The van der Waals surface area contributed by atoms with Crippen molar-refractivity contribution in [3.05, 3.63) is 64.2 Å². The lowest BCUT2D eigenvalue weighted by molar-refractivity contribution is -0.134. The molecule has 2 N–H and O–H groups in total. The van der Waals surface area contributed by atoms with Crippen molar-refractivity contribution in [2.75, 3.05) is 20.2 Å². The zero-order chi connectivity index (χ0) is 21.7. The molecular weight excluding hydrogens is 378 g/mol. The molecule has 0 aromatic heterocycles. The Kier molecular flexibility index (Phi) is 7.11. The fourth-order valence-corrected chi connectivity index (χ4v) is 3.89. The minimum atomic E-state index is -0.475. The quantitative estimate of drug-likeness (QED) is 0.738. The van der Waals surface area contributed by atoms with Gasteiger partial charge in [0.2, 0.25) is 11.8 Å². The second kappa shape index (κ2) is 9.76. The molecule has 0 radical (unpaired) electrons. The fourth-order valence-electron chi connectivity index (χ4n) is 3.89. The number of aryl methyl sites for hydroxylation is 1. The van der Waals surface area contributed by atoms with Crippen molar-refractivity contribution in [1.29, 1.82) is 0 Å². The Morgan fingerprint density at radius 3 is 2.63 bits per heavy atom. The van der Waals surface area contributed by atoms with Crippen molar-refractivity contribution in [3.8, 4) is 5.75 Å². The Labute approximate surface area is 178 Å². The van der Waals surface area contributed by atoms with Gasteiger partial charge in [-0.1, -0.05) is 30.3 Å².